The van der Waals surface area contributed by atoms with Crippen LogP contribution in [0.15, 0.2) is 35.5 Å². The van der Waals surface area contributed by atoms with Gasteiger partial charge in [-0.3, -0.25) is 14.8 Å². The Morgan fingerprint density at radius 1 is 1.32 bits per heavy atom. The number of hydrogen-bond donors (Lipinski definition) is 3. The quantitative estimate of drug-likeness (QED) is 0.579. The molecule has 28 heavy (non-hydrogen) atoms. The summed E-state index contributed by atoms with van der Waals surface area (Å²) in [6.45, 7) is 0.611. The average molecular weight is 409 g/mol. The lowest BCUT2D eigenvalue weighted by atomic mass is 9.87. The molecule has 0 bridgehead atoms. The van der Waals surface area contributed by atoms with E-state index < -0.39 is 18.1 Å². The molecule has 3 aromatic heterocycles. The number of aromatic nitrogens is 4. The molecule has 10 heteroatoms. The average Bonchev–Trinajstić information content (AvgIpc) is 3.15. The lowest BCUT2D eigenvalue weighted by molar-refractivity contribution is -0.183. The molecule has 0 aromatic carbocycles. The number of halogens is 3. The molecule has 1 aliphatic rings. The summed E-state index contributed by atoms with van der Waals surface area (Å²) in [6.07, 6.45) is 0.696. The van der Waals surface area contributed by atoms with Crippen LogP contribution in [0, 0.1) is 10.7 Å². The maximum absolute atomic E-state index is 13.2. The van der Waals surface area contributed by atoms with E-state index in [0.29, 0.717) is 29.7 Å². The first-order valence-corrected chi connectivity index (χ1v) is 9.28. The van der Waals surface area contributed by atoms with Crippen molar-refractivity contribution < 1.29 is 13.2 Å². The summed E-state index contributed by atoms with van der Waals surface area (Å²) in [5, 5.41) is 3.18. The van der Waals surface area contributed by atoms with Crippen LogP contribution in [-0.4, -0.2) is 32.2 Å². The predicted octanol–water partition coefficient (Wildman–Crippen LogP) is 3.43. The monoisotopic (exact) mass is 409 g/mol. The summed E-state index contributed by atoms with van der Waals surface area (Å²) in [4.78, 5) is 21.6. The summed E-state index contributed by atoms with van der Waals surface area (Å²) in [6, 6.07) is 3.09. The molecule has 0 saturated carbocycles. The highest BCUT2D eigenvalue weighted by Gasteiger charge is 2.42. The second-order valence-corrected chi connectivity index (χ2v) is 7.31. The smallest absolute Gasteiger partial charge is 0.355 e. The number of rotatable bonds is 3. The van der Waals surface area contributed by atoms with Crippen molar-refractivity contribution in [3.8, 4) is 0 Å². The van der Waals surface area contributed by atoms with Crippen LogP contribution >= 0.6 is 12.2 Å². The highest BCUT2D eigenvalue weighted by Crippen LogP contribution is 2.38. The number of hydrogen-bond acceptors (Lipinski definition) is 4. The van der Waals surface area contributed by atoms with Gasteiger partial charge in [-0.2, -0.15) is 13.2 Å². The summed E-state index contributed by atoms with van der Waals surface area (Å²) in [5.41, 5.74) is 2.26. The van der Waals surface area contributed by atoms with Crippen LogP contribution in [0.25, 0.3) is 11.0 Å². The third-order valence-electron chi connectivity index (χ3n) is 5.23. The number of nitrogens with zero attached hydrogens (tertiary/aromatic N) is 2. The Labute approximate surface area is 162 Å². The molecule has 1 saturated heterocycles. The number of fused-ring (bicyclic) bond motifs is 1. The zero-order chi connectivity index (χ0) is 19.9. The molecule has 4 heterocycles. The Bertz CT molecular complexity index is 1120. The maximum Gasteiger partial charge on any atom is 0.391 e. The van der Waals surface area contributed by atoms with E-state index in [9.17, 15) is 18.0 Å². The van der Waals surface area contributed by atoms with E-state index in [2.05, 4.69) is 20.3 Å². The molecule has 2 unspecified atom stereocenters. The molecule has 148 valence electrons. The van der Waals surface area contributed by atoms with Gasteiger partial charge in [-0.05, 0) is 54.9 Å². The number of aromatic amines is 2. The highest BCUT2D eigenvalue weighted by molar-refractivity contribution is 7.71. The Hall–Kier alpha value is -2.46. The van der Waals surface area contributed by atoms with Crippen molar-refractivity contribution in [1.29, 1.82) is 0 Å². The Morgan fingerprint density at radius 2 is 2.14 bits per heavy atom. The fraction of sp³-hybridized carbons (Fsp3) is 0.389. The molecule has 3 aromatic rings. The summed E-state index contributed by atoms with van der Waals surface area (Å²) in [5.74, 6) is -1.33. The molecular formula is C18H18F3N5OS. The first-order chi connectivity index (χ1) is 13.3. The molecule has 2 atom stereocenters. The van der Waals surface area contributed by atoms with Crippen molar-refractivity contribution in [2.75, 3.05) is 6.54 Å². The Balaban J connectivity index is 1.71. The zero-order valence-corrected chi connectivity index (χ0v) is 15.5. The van der Waals surface area contributed by atoms with Crippen LogP contribution in [-0.2, 0) is 6.54 Å². The lowest BCUT2D eigenvalue weighted by Gasteiger charge is -2.32. The van der Waals surface area contributed by atoms with E-state index in [-0.39, 0.29) is 23.2 Å². The number of nitrogens with one attached hydrogen (secondary N) is 3. The van der Waals surface area contributed by atoms with Crippen LogP contribution in [0.4, 0.5) is 13.2 Å². The van der Waals surface area contributed by atoms with Gasteiger partial charge in [0, 0.05) is 24.6 Å². The first-order valence-electron chi connectivity index (χ1n) is 8.87. The van der Waals surface area contributed by atoms with Gasteiger partial charge >= 0.3 is 6.18 Å². The molecule has 0 amide bonds. The molecule has 0 radical (unpaired) electrons. The number of H-pyrrole nitrogens is 2. The van der Waals surface area contributed by atoms with Crippen LogP contribution in [0.2, 0.25) is 0 Å². The van der Waals surface area contributed by atoms with Crippen molar-refractivity contribution in [3.63, 3.8) is 0 Å². The van der Waals surface area contributed by atoms with E-state index in [1.54, 1.807) is 35.3 Å². The predicted molar refractivity (Wildman–Crippen MR) is 101 cm³/mol. The van der Waals surface area contributed by atoms with Gasteiger partial charge in [0.05, 0.1) is 18.0 Å². The van der Waals surface area contributed by atoms with Crippen LogP contribution in [0.5, 0.6) is 0 Å². The van der Waals surface area contributed by atoms with Gasteiger partial charge in [-0.25, -0.2) is 0 Å². The van der Waals surface area contributed by atoms with E-state index >= 15 is 0 Å². The minimum atomic E-state index is -4.21. The highest BCUT2D eigenvalue weighted by atomic mass is 32.1. The first kappa shape index (κ1) is 18.9. The molecule has 4 rings (SSSR count). The summed E-state index contributed by atoms with van der Waals surface area (Å²) < 4.78 is 41.6. The van der Waals surface area contributed by atoms with Crippen molar-refractivity contribution in [2.45, 2.75) is 31.6 Å². The zero-order valence-electron chi connectivity index (χ0n) is 14.7. The summed E-state index contributed by atoms with van der Waals surface area (Å²) in [7, 11) is 0. The van der Waals surface area contributed by atoms with Crippen molar-refractivity contribution in [2.24, 2.45) is 5.92 Å². The SMILES string of the molecule is O=c1[nH]c(=S)n(Cc2ccncc2C2CC(C(F)(F)F)CCN2)c2cc[nH]c12. The Kier molecular flexibility index (Phi) is 4.84. The van der Waals surface area contributed by atoms with Gasteiger partial charge in [0.25, 0.3) is 5.56 Å². The molecule has 3 N–H and O–H groups in total. The Morgan fingerprint density at radius 3 is 2.93 bits per heavy atom. The topological polar surface area (TPSA) is 78.5 Å². The van der Waals surface area contributed by atoms with Crippen molar-refractivity contribution >= 4 is 23.3 Å². The molecule has 0 aliphatic carbocycles. The molecule has 1 aliphatic heterocycles. The van der Waals surface area contributed by atoms with E-state index in [1.165, 1.54) is 0 Å². The number of alkyl halides is 3. The molecule has 6 nitrogen and oxygen atoms in total. The van der Waals surface area contributed by atoms with Crippen LogP contribution in [0.3, 0.4) is 0 Å². The number of piperidine rings is 1. The minimum absolute atomic E-state index is 0.0290. The van der Waals surface area contributed by atoms with Crippen LogP contribution < -0.4 is 10.9 Å². The van der Waals surface area contributed by atoms with Gasteiger partial charge in [0.2, 0.25) is 0 Å². The molecule has 1 fully saturated rings. The molecular weight excluding hydrogens is 391 g/mol. The third kappa shape index (κ3) is 3.49. The maximum atomic E-state index is 13.2. The van der Waals surface area contributed by atoms with E-state index in [0.717, 1.165) is 5.56 Å². The molecule has 0 spiro atoms. The van der Waals surface area contributed by atoms with Gasteiger partial charge in [0.15, 0.2) is 4.77 Å². The lowest BCUT2D eigenvalue weighted by Crippen LogP contribution is -2.38. The van der Waals surface area contributed by atoms with Gasteiger partial charge < -0.3 is 14.9 Å². The van der Waals surface area contributed by atoms with Crippen molar-refractivity contribution in [3.05, 3.63) is 57.0 Å². The van der Waals surface area contributed by atoms with E-state index in [1.807, 2.05) is 0 Å². The summed E-state index contributed by atoms with van der Waals surface area (Å²) >= 11 is 5.31. The minimum Gasteiger partial charge on any atom is -0.355 e. The normalized spacial score (nSPS) is 20.5. The standard InChI is InChI=1S/C18H18F3N5OS/c19-18(20,21)11-2-5-23-13(7-11)12-8-22-4-1-10(12)9-26-14-3-6-24-15(14)16(27)25-17(26)28/h1,3-4,6,8,11,13,23-24H,2,5,7,9H2,(H,25,27,28). The fourth-order valence-electron chi connectivity index (χ4n) is 3.78. The second-order valence-electron chi connectivity index (χ2n) is 6.93. The van der Waals surface area contributed by atoms with Crippen molar-refractivity contribution in [1.82, 2.24) is 24.8 Å². The van der Waals surface area contributed by atoms with Gasteiger partial charge in [0.1, 0.15) is 5.52 Å². The largest absolute Gasteiger partial charge is 0.391 e. The van der Waals surface area contributed by atoms with Gasteiger partial charge in [-0.15, -0.1) is 0 Å². The second kappa shape index (κ2) is 7.17. The van der Waals surface area contributed by atoms with E-state index in [4.69, 9.17) is 12.2 Å². The fourth-order valence-corrected chi connectivity index (χ4v) is 4.03. The third-order valence-corrected chi connectivity index (χ3v) is 5.55. The number of pyridine rings is 1. The van der Waals surface area contributed by atoms with Crippen LogP contribution in [0.1, 0.15) is 30.0 Å². The van der Waals surface area contributed by atoms with Gasteiger partial charge in [-0.1, -0.05) is 0 Å².